The summed E-state index contributed by atoms with van der Waals surface area (Å²) in [5.41, 5.74) is -0.0443. The highest BCUT2D eigenvalue weighted by Crippen LogP contribution is 2.28. The van der Waals surface area contributed by atoms with Crippen LogP contribution in [0, 0.1) is 0 Å². The molecule has 0 N–H and O–H groups in total. The number of halogens is 3. The Bertz CT molecular complexity index is 430. The number of hydrogen-bond donors (Lipinski definition) is 0. The van der Waals surface area contributed by atoms with Crippen LogP contribution in [0.25, 0.3) is 0 Å². The lowest BCUT2D eigenvalue weighted by Crippen LogP contribution is -2.41. The minimum atomic E-state index is -4.47. The third-order valence-electron chi connectivity index (χ3n) is 2.15. The smallest absolute Gasteiger partial charge is 0.302 e. The van der Waals surface area contributed by atoms with Crippen LogP contribution in [0.2, 0.25) is 12.6 Å². The van der Waals surface area contributed by atoms with Gasteiger partial charge in [-0.05, 0) is 20.4 Å². The largest absolute Gasteiger partial charge is 0.438 e. The van der Waals surface area contributed by atoms with E-state index < -0.39 is 39.1 Å². The van der Waals surface area contributed by atoms with Crippen molar-refractivity contribution in [3.8, 4) is 0 Å². The molecule has 22 heavy (non-hydrogen) atoms. The molecule has 126 valence electrons. The fourth-order valence-corrected chi connectivity index (χ4v) is 2.30. The van der Waals surface area contributed by atoms with E-state index in [4.69, 9.17) is 0 Å². The first-order chi connectivity index (χ1) is 9.86. The van der Waals surface area contributed by atoms with Gasteiger partial charge in [-0.15, -0.1) is 0 Å². The van der Waals surface area contributed by atoms with Gasteiger partial charge >= 0.3 is 26.7 Å². The summed E-state index contributed by atoms with van der Waals surface area (Å²) in [5, 5.41) is 0. The lowest BCUT2D eigenvalue weighted by atomic mass is 10.4. The molecule has 0 aliphatic rings. The fraction of sp³-hybridized carbons (Fsp3) is 0.500. The Morgan fingerprint density at radius 3 is 1.64 bits per heavy atom. The van der Waals surface area contributed by atoms with Gasteiger partial charge in [0.05, 0.1) is 0 Å². The summed E-state index contributed by atoms with van der Waals surface area (Å²) in [7, 11) is -3.76. The van der Waals surface area contributed by atoms with Crippen LogP contribution in [0.15, 0.2) is 24.3 Å². The van der Waals surface area contributed by atoms with Crippen molar-refractivity contribution in [2.45, 2.75) is 39.0 Å². The molecule has 0 aromatic heterocycles. The standard InChI is InChI=1S/C12H17F3O6Si/c1-8(2)10(16)18-20-22(5,7-6-12(13,14)15)21-19-11(17)9(3)4/h1,3,6-7H2,2,4-5H3. The van der Waals surface area contributed by atoms with Gasteiger partial charge in [0, 0.05) is 23.6 Å². The van der Waals surface area contributed by atoms with Gasteiger partial charge < -0.3 is 9.78 Å². The summed E-state index contributed by atoms with van der Waals surface area (Å²) in [6.07, 6.45) is -5.73. The predicted molar refractivity (Wildman–Crippen MR) is 71.1 cm³/mol. The van der Waals surface area contributed by atoms with Gasteiger partial charge in [0.25, 0.3) is 0 Å². The van der Waals surface area contributed by atoms with Crippen molar-refractivity contribution in [1.29, 1.82) is 0 Å². The molecule has 0 unspecified atom stereocenters. The van der Waals surface area contributed by atoms with E-state index >= 15 is 0 Å². The van der Waals surface area contributed by atoms with Gasteiger partial charge in [-0.1, -0.05) is 13.2 Å². The number of rotatable bonds is 8. The molecule has 10 heteroatoms. The molecule has 0 aromatic carbocycles. The summed E-state index contributed by atoms with van der Waals surface area (Å²) < 4.78 is 46.3. The van der Waals surface area contributed by atoms with Crippen LogP contribution >= 0.6 is 0 Å². The molecule has 0 saturated carbocycles. The molecule has 0 bridgehead atoms. The molecule has 0 aliphatic carbocycles. The molecule has 0 radical (unpaired) electrons. The minimum Gasteiger partial charge on any atom is -0.302 e. The van der Waals surface area contributed by atoms with E-state index in [1.807, 2.05) is 0 Å². The van der Waals surface area contributed by atoms with Crippen molar-refractivity contribution >= 4 is 20.5 Å². The second-order valence-electron chi connectivity index (χ2n) is 4.72. The van der Waals surface area contributed by atoms with Crippen LogP contribution in [-0.2, 0) is 28.5 Å². The van der Waals surface area contributed by atoms with Crippen LogP contribution < -0.4 is 0 Å². The van der Waals surface area contributed by atoms with Gasteiger partial charge in [0.1, 0.15) is 0 Å². The molecule has 0 heterocycles. The van der Waals surface area contributed by atoms with Gasteiger partial charge in [-0.2, -0.15) is 22.3 Å². The minimum absolute atomic E-state index is 0.0221. The third kappa shape index (κ3) is 8.59. The van der Waals surface area contributed by atoms with Crippen LogP contribution in [0.3, 0.4) is 0 Å². The van der Waals surface area contributed by atoms with Gasteiger partial charge in [0.2, 0.25) is 0 Å². The van der Waals surface area contributed by atoms with E-state index in [1.165, 1.54) is 13.8 Å². The van der Waals surface area contributed by atoms with E-state index in [0.29, 0.717) is 0 Å². The summed E-state index contributed by atoms with van der Waals surface area (Å²) >= 11 is 0. The summed E-state index contributed by atoms with van der Waals surface area (Å²) in [5.74, 6) is -1.94. The van der Waals surface area contributed by atoms with Crippen molar-refractivity contribution < 1.29 is 41.7 Å². The Hall–Kier alpha value is -1.65. The zero-order chi connectivity index (χ0) is 17.6. The number of carbonyl (C=O) groups is 2. The number of alkyl halides is 3. The Morgan fingerprint density at radius 2 is 1.36 bits per heavy atom. The van der Waals surface area contributed by atoms with Crippen molar-refractivity contribution in [1.82, 2.24) is 0 Å². The van der Waals surface area contributed by atoms with E-state index in [1.54, 1.807) is 0 Å². The summed E-state index contributed by atoms with van der Waals surface area (Å²) in [6.45, 7) is 10.4. The Labute approximate surface area is 126 Å². The molecule has 0 amide bonds. The monoisotopic (exact) mass is 342 g/mol. The Balaban J connectivity index is 4.80. The second kappa shape index (κ2) is 8.10. The van der Waals surface area contributed by atoms with Crippen molar-refractivity contribution in [3.05, 3.63) is 24.3 Å². The molecular formula is C12H17F3O6Si. The maximum absolute atomic E-state index is 12.3. The molecule has 0 aromatic rings. The third-order valence-corrected chi connectivity index (χ3v) is 4.18. The van der Waals surface area contributed by atoms with Gasteiger partial charge in [-0.3, -0.25) is 0 Å². The first kappa shape index (κ1) is 20.3. The average molecular weight is 342 g/mol. The zero-order valence-corrected chi connectivity index (χ0v) is 13.4. The highest BCUT2D eigenvalue weighted by molar-refractivity contribution is 6.65. The number of carbonyl (C=O) groups excluding carboxylic acids is 2. The molecule has 0 spiro atoms. The first-order valence-electron chi connectivity index (χ1n) is 6.04. The SMILES string of the molecule is C=C(C)C(=O)OO[Si](C)(CCC(F)(F)F)OOC(=O)C(=C)C. The highest BCUT2D eigenvalue weighted by Gasteiger charge is 2.43. The van der Waals surface area contributed by atoms with Crippen LogP contribution in [0.1, 0.15) is 20.3 Å². The maximum atomic E-state index is 12.3. The van der Waals surface area contributed by atoms with E-state index in [2.05, 4.69) is 32.1 Å². The first-order valence-corrected chi connectivity index (χ1v) is 8.56. The Morgan fingerprint density at radius 1 is 1.00 bits per heavy atom. The fourth-order valence-electron chi connectivity index (χ4n) is 0.860. The maximum Gasteiger partial charge on any atom is 0.438 e. The second-order valence-corrected chi connectivity index (χ2v) is 7.82. The van der Waals surface area contributed by atoms with Crippen molar-refractivity contribution in [2.75, 3.05) is 0 Å². The lowest BCUT2D eigenvalue weighted by molar-refractivity contribution is -0.266. The number of hydrogen-bond acceptors (Lipinski definition) is 6. The molecule has 0 fully saturated rings. The van der Waals surface area contributed by atoms with Crippen LogP contribution in [0.4, 0.5) is 13.2 Å². The highest BCUT2D eigenvalue weighted by atomic mass is 28.4. The van der Waals surface area contributed by atoms with E-state index in [-0.39, 0.29) is 11.1 Å². The van der Waals surface area contributed by atoms with E-state index in [0.717, 1.165) is 6.55 Å². The van der Waals surface area contributed by atoms with Crippen LogP contribution in [-0.4, -0.2) is 26.7 Å². The van der Waals surface area contributed by atoms with Gasteiger partial charge in [0.15, 0.2) is 0 Å². The molecule has 6 nitrogen and oxygen atoms in total. The zero-order valence-electron chi connectivity index (χ0n) is 12.4. The lowest BCUT2D eigenvalue weighted by Gasteiger charge is -2.23. The average Bonchev–Trinajstić information content (AvgIpc) is 2.39. The van der Waals surface area contributed by atoms with E-state index in [9.17, 15) is 22.8 Å². The predicted octanol–water partition coefficient (Wildman–Crippen LogP) is 3.11. The van der Waals surface area contributed by atoms with Crippen molar-refractivity contribution in [3.63, 3.8) is 0 Å². The molecule has 0 atom stereocenters. The van der Waals surface area contributed by atoms with Crippen LogP contribution in [0.5, 0.6) is 0 Å². The normalized spacial score (nSPS) is 11.7. The quantitative estimate of drug-likeness (QED) is 0.292. The molecular weight excluding hydrogens is 325 g/mol. The Kier molecular flexibility index (Phi) is 7.50. The topological polar surface area (TPSA) is 71.1 Å². The molecule has 0 rings (SSSR count). The van der Waals surface area contributed by atoms with Crippen molar-refractivity contribution in [2.24, 2.45) is 0 Å². The summed E-state index contributed by atoms with van der Waals surface area (Å²) in [6, 6.07) is -0.649. The summed E-state index contributed by atoms with van der Waals surface area (Å²) in [4.78, 5) is 31.1. The molecule has 0 aliphatic heterocycles. The molecule has 0 saturated heterocycles. The van der Waals surface area contributed by atoms with Gasteiger partial charge in [-0.25, -0.2) is 9.59 Å².